The van der Waals surface area contributed by atoms with Gasteiger partial charge in [-0.1, -0.05) is 17.9 Å². The van der Waals surface area contributed by atoms with Crippen molar-refractivity contribution < 1.29 is 9.53 Å². The Balaban J connectivity index is 2.11. The van der Waals surface area contributed by atoms with Crippen LogP contribution in [0.4, 0.5) is 4.79 Å². The van der Waals surface area contributed by atoms with Crippen molar-refractivity contribution in [2.24, 2.45) is 0 Å². The second kappa shape index (κ2) is 8.65. The summed E-state index contributed by atoms with van der Waals surface area (Å²) in [5, 5.41) is 5.15. The van der Waals surface area contributed by atoms with Gasteiger partial charge in [0.25, 0.3) is 0 Å². The third-order valence-corrected chi connectivity index (χ3v) is 1.81. The molecule has 2 amide bonds. The number of carbonyl (C=O) groups excluding carboxylic acids is 1. The maximum absolute atomic E-state index is 11.1. The molecule has 1 aromatic heterocycles. The van der Waals surface area contributed by atoms with E-state index in [4.69, 9.17) is 4.74 Å². The minimum Gasteiger partial charge on any atom is -0.479 e. The molecule has 1 rings (SSSR count). The van der Waals surface area contributed by atoms with Crippen molar-refractivity contribution in [3.63, 3.8) is 0 Å². The normalized spacial score (nSPS) is 8.67. The maximum atomic E-state index is 11.1. The lowest BCUT2D eigenvalue weighted by molar-refractivity contribution is 0.243. The summed E-state index contributed by atoms with van der Waals surface area (Å²) in [5.74, 6) is 6.22. The van der Waals surface area contributed by atoms with Crippen LogP contribution < -0.4 is 15.4 Å². The van der Waals surface area contributed by atoms with Crippen LogP contribution in [0.2, 0.25) is 0 Å². The zero-order valence-corrected chi connectivity index (χ0v) is 9.98. The molecule has 0 saturated carbocycles. The van der Waals surface area contributed by atoms with Gasteiger partial charge in [0.1, 0.15) is 12.4 Å². The van der Waals surface area contributed by atoms with Crippen LogP contribution in [0, 0.1) is 11.8 Å². The zero-order valence-electron chi connectivity index (χ0n) is 9.98. The van der Waals surface area contributed by atoms with E-state index >= 15 is 0 Å². The van der Waals surface area contributed by atoms with Crippen LogP contribution in [0.5, 0.6) is 5.75 Å². The molecule has 0 aliphatic carbocycles. The molecule has 0 aliphatic heterocycles. The Kier molecular flexibility index (Phi) is 6.53. The molecule has 0 radical (unpaired) electrons. The minimum atomic E-state index is -0.266. The van der Waals surface area contributed by atoms with Gasteiger partial charge in [-0.15, -0.1) is 6.58 Å². The lowest BCUT2D eigenvalue weighted by atomic mass is 10.5. The first-order valence-corrected chi connectivity index (χ1v) is 5.44. The molecular weight excluding hydrogens is 230 g/mol. The number of urea groups is 1. The van der Waals surface area contributed by atoms with E-state index in [1.807, 2.05) is 0 Å². The molecule has 5 nitrogen and oxygen atoms in total. The molecule has 0 fully saturated rings. The fourth-order valence-corrected chi connectivity index (χ4v) is 1.02. The average Bonchev–Trinajstić information content (AvgIpc) is 2.41. The van der Waals surface area contributed by atoms with Crippen molar-refractivity contribution in [2.45, 2.75) is 0 Å². The number of ether oxygens (including phenoxy) is 1. The van der Waals surface area contributed by atoms with Gasteiger partial charge >= 0.3 is 6.03 Å². The standard InChI is InChI=1S/C13H15N3O2/c1-2-7-15-13(17)16-9-3-4-10-18-12-6-5-8-14-11-12/h2,5-6,8,11H,1,7,9-10H2,(H2,15,16,17). The SMILES string of the molecule is C=CCNC(=O)NCC#CCOc1cccnc1. The lowest BCUT2D eigenvalue weighted by Gasteiger charge is -2.01. The molecule has 0 unspecified atom stereocenters. The monoisotopic (exact) mass is 245 g/mol. The van der Waals surface area contributed by atoms with E-state index in [0.29, 0.717) is 12.3 Å². The fourth-order valence-electron chi connectivity index (χ4n) is 1.02. The maximum Gasteiger partial charge on any atom is 0.315 e. The Labute approximate surface area is 106 Å². The van der Waals surface area contributed by atoms with Crippen molar-refractivity contribution in [3.05, 3.63) is 37.2 Å². The Morgan fingerprint density at radius 1 is 1.50 bits per heavy atom. The molecule has 1 heterocycles. The van der Waals surface area contributed by atoms with Crippen molar-refractivity contribution in [2.75, 3.05) is 19.7 Å². The van der Waals surface area contributed by atoms with E-state index in [9.17, 15) is 4.79 Å². The highest BCUT2D eigenvalue weighted by Crippen LogP contribution is 2.04. The second-order valence-electron chi connectivity index (χ2n) is 3.18. The highest BCUT2D eigenvalue weighted by atomic mass is 16.5. The summed E-state index contributed by atoms with van der Waals surface area (Å²) in [5.41, 5.74) is 0. The second-order valence-corrected chi connectivity index (χ2v) is 3.18. The number of carbonyl (C=O) groups is 1. The van der Waals surface area contributed by atoms with Crippen molar-refractivity contribution in [1.29, 1.82) is 0 Å². The largest absolute Gasteiger partial charge is 0.479 e. The molecule has 0 atom stereocenters. The van der Waals surface area contributed by atoms with Crippen LogP contribution in [-0.4, -0.2) is 30.7 Å². The first-order chi connectivity index (χ1) is 8.83. The topological polar surface area (TPSA) is 63.2 Å². The molecule has 18 heavy (non-hydrogen) atoms. The number of nitrogens with one attached hydrogen (secondary N) is 2. The Bertz CT molecular complexity index is 435. The van der Waals surface area contributed by atoms with Gasteiger partial charge in [-0.25, -0.2) is 4.79 Å². The fraction of sp³-hybridized carbons (Fsp3) is 0.231. The van der Waals surface area contributed by atoms with Gasteiger partial charge in [-0.3, -0.25) is 4.98 Å². The highest BCUT2D eigenvalue weighted by Gasteiger charge is 1.93. The molecular formula is C13H15N3O2. The first-order valence-electron chi connectivity index (χ1n) is 5.44. The summed E-state index contributed by atoms with van der Waals surface area (Å²) in [6.07, 6.45) is 4.89. The van der Waals surface area contributed by atoms with Crippen LogP contribution in [-0.2, 0) is 0 Å². The predicted molar refractivity (Wildman–Crippen MR) is 69.1 cm³/mol. The van der Waals surface area contributed by atoms with E-state index in [-0.39, 0.29) is 19.2 Å². The van der Waals surface area contributed by atoms with Crippen molar-refractivity contribution in [3.8, 4) is 17.6 Å². The lowest BCUT2D eigenvalue weighted by Crippen LogP contribution is -2.35. The van der Waals surface area contributed by atoms with Crippen LogP contribution in [0.25, 0.3) is 0 Å². The molecule has 2 N–H and O–H groups in total. The van der Waals surface area contributed by atoms with E-state index in [2.05, 4.69) is 34.0 Å². The zero-order chi connectivity index (χ0) is 13.1. The molecule has 0 aliphatic rings. The summed E-state index contributed by atoms with van der Waals surface area (Å²) in [7, 11) is 0. The quantitative estimate of drug-likeness (QED) is 0.599. The van der Waals surface area contributed by atoms with Crippen LogP contribution >= 0.6 is 0 Å². The molecule has 0 spiro atoms. The minimum absolute atomic E-state index is 0.266. The summed E-state index contributed by atoms with van der Waals surface area (Å²) in [6, 6.07) is 3.32. The smallest absolute Gasteiger partial charge is 0.315 e. The van der Waals surface area contributed by atoms with Gasteiger partial charge in [0, 0.05) is 12.7 Å². The summed E-state index contributed by atoms with van der Waals surface area (Å²) in [6.45, 7) is 4.47. The van der Waals surface area contributed by atoms with Crippen molar-refractivity contribution in [1.82, 2.24) is 15.6 Å². The number of nitrogens with zero attached hydrogens (tertiary/aromatic N) is 1. The molecule has 94 valence electrons. The van der Waals surface area contributed by atoms with E-state index in [1.165, 1.54) is 0 Å². The number of rotatable bonds is 5. The van der Waals surface area contributed by atoms with Gasteiger partial charge in [0.15, 0.2) is 0 Å². The third kappa shape index (κ3) is 6.18. The molecule has 0 saturated heterocycles. The average molecular weight is 245 g/mol. The predicted octanol–water partition coefficient (Wildman–Crippen LogP) is 0.949. The summed E-state index contributed by atoms with van der Waals surface area (Å²) < 4.78 is 5.30. The summed E-state index contributed by atoms with van der Waals surface area (Å²) >= 11 is 0. The van der Waals surface area contributed by atoms with Crippen LogP contribution in [0.3, 0.4) is 0 Å². The number of pyridine rings is 1. The van der Waals surface area contributed by atoms with E-state index in [1.54, 1.807) is 30.6 Å². The van der Waals surface area contributed by atoms with Gasteiger partial charge < -0.3 is 15.4 Å². The molecule has 0 bridgehead atoms. The number of aromatic nitrogens is 1. The van der Waals surface area contributed by atoms with Gasteiger partial charge in [-0.2, -0.15) is 0 Å². The first kappa shape index (κ1) is 13.6. The Morgan fingerprint density at radius 2 is 2.39 bits per heavy atom. The van der Waals surface area contributed by atoms with Crippen LogP contribution in [0.15, 0.2) is 37.2 Å². The van der Waals surface area contributed by atoms with Crippen LogP contribution in [0.1, 0.15) is 0 Å². The van der Waals surface area contributed by atoms with Gasteiger partial charge in [0.05, 0.1) is 12.7 Å². The number of hydrogen-bond acceptors (Lipinski definition) is 3. The number of amides is 2. The van der Waals surface area contributed by atoms with Crippen molar-refractivity contribution >= 4 is 6.03 Å². The Hall–Kier alpha value is -2.48. The van der Waals surface area contributed by atoms with E-state index in [0.717, 1.165) is 0 Å². The Morgan fingerprint density at radius 3 is 3.11 bits per heavy atom. The third-order valence-electron chi connectivity index (χ3n) is 1.81. The highest BCUT2D eigenvalue weighted by molar-refractivity contribution is 5.74. The molecule has 5 heteroatoms. The number of hydrogen-bond donors (Lipinski definition) is 2. The van der Waals surface area contributed by atoms with Gasteiger partial charge in [0.2, 0.25) is 0 Å². The molecule has 1 aromatic rings. The molecule has 0 aromatic carbocycles. The van der Waals surface area contributed by atoms with Gasteiger partial charge in [-0.05, 0) is 12.1 Å². The van der Waals surface area contributed by atoms with E-state index < -0.39 is 0 Å². The summed E-state index contributed by atoms with van der Waals surface area (Å²) in [4.78, 5) is 15.0.